The number of halogens is 6. The second-order valence-corrected chi connectivity index (χ2v) is 10.3. The van der Waals surface area contributed by atoms with Gasteiger partial charge in [0.25, 0.3) is 0 Å². The first-order chi connectivity index (χ1) is 17.3. The van der Waals surface area contributed by atoms with Gasteiger partial charge >= 0.3 is 12.4 Å². The van der Waals surface area contributed by atoms with E-state index in [9.17, 15) is 31.1 Å². The Labute approximate surface area is 216 Å². The van der Waals surface area contributed by atoms with Crippen LogP contribution in [-0.4, -0.2) is 42.5 Å². The van der Waals surface area contributed by atoms with E-state index in [4.69, 9.17) is 10.5 Å². The number of thioether (sulfide) groups is 1. The molecule has 0 aromatic heterocycles. The molecule has 1 aliphatic rings. The van der Waals surface area contributed by atoms with Crippen molar-refractivity contribution < 1.29 is 35.9 Å². The molecule has 204 valence electrons. The molecule has 0 aliphatic carbocycles. The van der Waals surface area contributed by atoms with Gasteiger partial charge in [-0.3, -0.25) is 9.69 Å². The van der Waals surface area contributed by atoms with E-state index in [1.807, 2.05) is 41.5 Å². The van der Waals surface area contributed by atoms with Crippen LogP contribution in [0.5, 0.6) is 0 Å². The highest BCUT2D eigenvalue weighted by Crippen LogP contribution is 2.42. The highest BCUT2D eigenvalue weighted by Gasteiger charge is 2.44. The number of benzene rings is 2. The lowest BCUT2D eigenvalue weighted by molar-refractivity contribution is -0.143. The standard InChI is InChI=1S/C26H30F6N2O2S/c1-17(19-10-21(25(27,28)29)12-22(11-19)26(30,31)32)36-16-24(20-6-4-3-5-7-20)9-8-18(15-37-2)13-34(24)14-23(33)35/h3-7,10-12,17-18H,8-9,13-16H2,1-2H3,(H2,33,35)/t17?,18-,24+/m0/s1. The van der Waals surface area contributed by atoms with Crippen LogP contribution in [0.15, 0.2) is 48.5 Å². The number of ether oxygens (including phenoxy) is 1. The van der Waals surface area contributed by atoms with E-state index < -0.39 is 41.0 Å². The molecule has 37 heavy (non-hydrogen) atoms. The van der Waals surface area contributed by atoms with Crippen LogP contribution in [0, 0.1) is 5.92 Å². The van der Waals surface area contributed by atoms with Gasteiger partial charge in [0, 0.05) is 6.54 Å². The number of rotatable bonds is 9. The van der Waals surface area contributed by atoms with Crippen molar-refractivity contribution >= 4 is 17.7 Å². The van der Waals surface area contributed by atoms with E-state index in [2.05, 4.69) is 0 Å². The fourth-order valence-electron chi connectivity index (χ4n) is 4.85. The van der Waals surface area contributed by atoms with Crippen LogP contribution in [-0.2, 0) is 27.4 Å². The van der Waals surface area contributed by atoms with E-state index in [-0.39, 0.29) is 24.8 Å². The molecule has 0 saturated carbocycles. The summed E-state index contributed by atoms with van der Waals surface area (Å²) in [4.78, 5) is 13.9. The van der Waals surface area contributed by atoms with E-state index in [0.717, 1.165) is 17.7 Å². The van der Waals surface area contributed by atoms with Gasteiger partial charge in [0.15, 0.2) is 0 Å². The summed E-state index contributed by atoms with van der Waals surface area (Å²) in [7, 11) is 0. The Kier molecular flexibility index (Phi) is 9.23. The highest BCUT2D eigenvalue weighted by molar-refractivity contribution is 7.98. The molecule has 3 atom stereocenters. The predicted molar refractivity (Wildman–Crippen MR) is 131 cm³/mol. The molecule has 1 saturated heterocycles. The Bertz CT molecular complexity index is 1030. The Balaban J connectivity index is 1.97. The zero-order valence-corrected chi connectivity index (χ0v) is 21.3. The topological polar surface area (TPSA) is 55.6 Å². The molecular formula is C26H30F6N2O2S. The fourth-order valence-corrected chi connectivity index (χ4v) is 5.59. The summed E-state index contributed by atoms with van der Waals surface area (Å²) >= 11 is 1.69. The first-order valence-electron chi connectivity index (χ1n) is 11.7. The second-order valence-electron chi connectivity index (χ2n) is 9.40. The summed E-state index contributed by atoms with van der Waals surface area (Å²) in [5.41, 5.74) is 2.56. The third-order valence-corrected chi connectivity index (χ3v) is 7.57. The second kappa shape index (κ2) is 11.7. The fraction of sp³-hybridized carbons (Fsp3) is 0.500. The van der Waals surface area contributed by atoms with Crippen molar-refractivity contribution in [2.75, 3.05) is 31.7 Å². The quantitative estimate of drug-likeness (QED) is 0.376. The summed E-state index contributed by atoms with van der Waals surface area (Å²) in [6, 6.07) is 10.7. The molecule has 0 radical (unpaired) electrons. The molecule has 0 spiro atoms. The minimum absolute atomic E-state index is 0.0466. The Morgan fingerprint density at radius 1 is 1.11 bits per heavy atom. The lowest BCUT2D eigenvalue weighted by atomic mass is 9.78. The third-order valence-electron chi connectivity index (χ3n) is 6.76. The molecule has 3 rings (SSSR count). The van der Waals surface area contributed by atoms with Crippen LogP contribution in [0.2, 0.25) is 0 Å². The molecule has 1 aliphatic heterocycles. The van der Waals surface area contributed by atoms with Crippen molar-refractivity contribution in [3.05, 3.63) is 70.8 Å². The van der Waals surface area contributed by atoms with E-state index in [1.54, 1.807) is 11.8 Å². The Morgan fingerprint density at radius 2 is 1.70 bits per heavy atom. The lowest BCUT2D eigenvalue weighted by Gasteiger charge is -2.49. The number of alkyl halides is 6. The average molecular weight is 549 g/mol. The maximum absolute atomic E-state index is 13.4. The average Bonchev–Trinajstić information content (AvgIpc) is 2.82. The third kappa shape index (κ3) is 7.20. The minimum Gasteiger partial charge on any atom is -0.372 e. The van der Waals surface area contributed by atoms with Crippen molar-refractivity contribution in [1.29, 1.82) is 0 Å². The summed E-state index contributed by atoms with van der Waals surface area (Å²) < 4.78 is 86.3. The summed E-state index contributed by atoms with van der Waals surface area (Å²) in [5.74, 6) is 0.634. The zero-order chi connectivity index (χ0) is 27.4. The normalized spacial score (nSPS) is 22.1. The zero-order valence-electron chi connectivity index (χ0n) is 20.5. The smallest absolute Gasteiger partial charge is 0.372 e. The van der Waals surface area contributed by atoms with Crippen LogP contribution < -0.4 is 5.73 Å². The molecule has 1 fully saturated rings. The molecule has 1 unspecified atom stereocenters. The number of nitrogens with zero attached hydrogens (tertiary/aromatic N) is 1. The molecule has 2 N–H and O–H groups in total. The van der Waals surface area contributed by atoms with Gasteiger partial charge < -0.3 is 10.5 Å². The van der Waals surface area contributed by atoms with Gasteiger partial charge in [-0.25, -0.2) is 0 Å². The number of hydrogen-bond acceptors (Lipinski definition) is 4. The van der Waals surface area contributed by atoms with Gasteiger partial charge in [0.1, 0.15) is 0 Å². The van der Waals surface area contributed by atoms with Gasteiger partial charge in [0.05, 0.1) is 35.9 Å². The van der Waals surface area contributed by atoms with Gasteiger partial charge in [-0.15, -0.1) is 0 Å². The number of carbonyl (C=O) groups excluding carboxylic acids is 1. The monoisotopic (exact) mass is 548 g/mol. The molecule has 11 heteroatoms. The number of piperidine rings is 1. The van der Waals surface area contributed by atoms with Crippen molar-refractivity contribution in [3.8, 4) is 0 Å². The maximum Gasteiger partial charge on any atom is 0.416 e. The highest BCUT2D eigenvalue weighted by atomic mass is 32.2. The van der Waals surface area contributed by atoms with Gasteiger partial charge in [-0.2, -0.15) is 38.1 Å². The van der Waals surface area contributed by atoms with Crippen LogP contribution in [0.3, 0.4) is 0 Å². The maximum atomic E-state index is 13.4. The number of nitrogens with two attached hydrogens (primary N) is 1. The van der Waals surface area contributed by atoms with Crippen molar-refractivity contribution in [1.82, 2.24) is 4.90 Å². The first-order valence-corrected chi connectivity index (χ1v) is 13.1. The number of hydrogen-bond donors (Lipinski definition) is 1. The minimum atomic E-state index is -4.95. The van der Waals surface area contributed by atoms with E-state index >= 15 is 0 Å². The molecular weight excluding hydrogens is 518 g/mol. The molecule has 4 nitrogen and oxygen atoms in total. The SMILES string of the molecule is CSC[C@H]1CC[C@@](COC(C)c2cc(C(F)(F)F)cc(C(F)(F)F)c2)(c2ccccc2)N(CC(N)=O)C1. The number of amides is 1. The van der Waals surface area contributed by atoms with Crippen LogP contribution in [0.25, 0.3) is 0 Å². The predicted octanol–water partition coefficient (Wildman–Crippen LogP) is 6.26. The van der Waals surface area contributed by atoms with Gasteiger partial charge in [-0.05, 0) is 67.0 Å². The largest absolute Gasteiger partial charge is 0.416 e. The number of carbonyl (C=O) groups is 1. The molecule has 2 aromatic rings. The molecule has 1 heterocycles. The van der Waals surface area contributed by atoms with Crippen LogP contribution >= 0.6 is 11.8 Å². The van der Waals surface area contributed by atoms with E-state index in [1.165, 1.54) is 6.92 Å². The lowest BCUT2D eigenvalue weighted by Crippen LogP contribution is -2.57. The van der Waals surface area contributed by atoms with Crippen LogP contribution in [0.1, 0.15) is 48.1 Å². The molecule has 0 bridgehead atoms. The Morgan fingerprint density at radius 3 is 2.22 bits per heavy atom. The summed E-state index contributed by atoms with van der Waals surface area (Å²) in [5, 5.41) is 0. The summed E-state index contributed by atoms with van der Waals surface area (Å²) in [6.07, 6.45) is -7.59. The molecule has 1 amide bonds. The van der Waals surface area contributed by atoms with Crippen LogP contribution in [0.4, 0.5) is 26.3 Å². The van der Waals surface area contributed by atoms with E-state index in [0.29, 0.717) is 31.0 Å². The van der Waals surface area contributed by atoms with Crippen molar-refractivity contribution in [3.63, 3.8) is 0 Å². The van der Waals surface area contributed by atoms with Gasteiger partial charge in [-0.1, -0.05) is 30.3 Å². The summed E-state index contributed by atoms with van der Waals surface area (Å²) in [6.45, 7) is 1.87. The van der Waals surface area contributed by atoms with Crippen molar-refractivity contribution in [2.45, 2.75) is 43.8 Å². The number of likely N-dealkylation sites (tertiary alicyclic amines) is 1. The Hall–Kier alpha value is -2.24. The first kappa shape index (κ1) is 29.3. The molecule has 2 aromatic carbocycles. The van der Waals surface area contributed by atoms with Gasteiger partial charge in [0.2, 0.25) is 5.91 Å². The number of primary amides is 1. The van der Waals surface area contributed by atoms with Crippen molar-refractivity contribution in [2.24, 2.45) is 11.7 Å².